The summed E-state index contributed by atoms with van der Waals surface area (Å²) in [4.78, 5) is 8.25. The zero-order chi connectivity index (χ0) is 17.4. The van der Waals surface area contributed by atoms with Gasteiger partial charge >= 0.3 is 7.12 Å². The number of benzene rings is 1. The van der Waals surface area contributed by atoms with Crippen LogP contribution in [-0.4, -0.2) is 28.3 Å². The number of hydrogen-bond donors (Lipinski definition) is 0. The standard InChI is InChI=1S/C17H20BClN2O3/c1-16(2)17(3,4)24-18(23-16)13-10-20-15(19)21-14(13)22-11-12-8-6-5-7-9-12/h5-10H,11H2,1-4H3. The van der Waals surface area contributed by atoms with Crippen molar-refractivity contribution in [2.24, 2.45) is 0 Å². The molecule has 1 fully saturated rings. The maximum atomic E-state index is 6.06. The van der Waals surface area contributed by atoms with Gasteiger partial charge in [-0.3, -0.25) is 0 Å². The topological polar surface area (TPSA) is 53.5 Å². The molecule has 0 atom stereocenters. The molecule has 2 heterocycles. The van der Waals surface area contributed by atoms with Gasteiger partial charge < -0.3 is 14.0 Å². The van der Waals surface area contributed by atoms with Crippen LogP contribution < -0.4 is 10.2 Å². The van der Waals surface area contributed by atoms with Gasteiger partial charge in [0, 0.05) is 6.20 Å². The highest BCUT2D eigenvalue weighted by molar-refractivity contribution is 6.63. The van der Waals surface area contributed by atoms with E-state index in [1.165, 1.54) is 0 Å². The van der Waals surface area contributed by atoms with Crippen LogP contribution in [0.3, 0.4) is 0 Å². The monoisotopic (exact) mass is 346 g/mol. The van der Waals surface area contributed by atoms with Crippen molar-refractivity contribution in [2.45, 2.75) is 45.5 Å². The van der Waals surface area contributed by atoms with Crippen LogP contribution in [0.5, 0.6) is 5.88 Å². The summed E-state index contributed by atoms with van der Waals surface area (Å²) < 4.78 is 18.0. The first-order valence-corrected chi connectivity index (χ1v) is 8.21. The van der Waals surface area contributed by atoms with E-state index in [0.717, 1.165) is 5.56 Å². The summed E-state index contributed by atoms with van der Waals surface area (Å²) in [5.41, 5.74) is 0.767. The predicted octanol–water partition coefficient (Wildman–Crippen LogP) is 3.01. The summed E-state index contributed by atoms with van der Waals surface area (Å²) >= 11 is 5.93. The van der Waals surface area contributed by atoms with Crippen LogP contribution in [0, 0.1) is 0 Å². The third-order valence-electron chi connectivity index (χ3n) is 4.48. The van der Waals surface area contributed by atoms with E-state index in [9.17, 15) is 0 Å². The second-order valence-corrected chi connectivity index (χ2v) is 7.10. The van der Waals surface area contributed by atoms with Crippen molar-refractivity contribution in [3.8, 4) is 5.88 Å². The van der Waals surface area contributed by atoms with Crippen molar-refractivity contribution in [3.63, 3.8) is 0 Å². The summed E-state index contributed by atoms with van der Waals surface area (Å²) in [7, 11) is -0.599. The van der Waals surface area contributed by atoms with Crippen LogP contribution >= 0.6 is 11.6 Å². The van der Waals surface area contributed by atoms with Crippen molar-refractivity contribution in [1.82, 2.24) is 9.97 Å². The molecule has 0 amide bonds. The summed E-state index contributed by atoms with van der Waals surface area (Å²) in [5, 5.41) is 0.123. The van der Waals surface area contributed by atoms with Crippen molar-refractivity contribution in [2.75, 3.05) is 0 Å². The molecule has 126 valence electrons. The van der Waals surface area contributed by atoms with Gasteiger partial charge in [-0.2, -0.15) is 4.98 Å². The third-order valence-corrected chi connectivity index (χ3v) is 4.66. The molecule has 1 aliphatic heterocycles. The highest BCUT2D eigenvalue weighted by atomic mass is 35.5. The molecule has 0 unspecified atom stereocenters. The summed E-state index contributed by atoms with van der Waals surface area (Å²) in [6, 6.07) is 9.84. The number of halogens is 1. The number of nitrogens with zero attached hydrogens (tertiary/aromatic N) is 2. The van der Waals surface area contributed by atoms with E-state index in [4.69, 9.17) is 25.6 Å². The lowest BCUT2D eigenvalue weighted by Gasteiger charge is -2.32. The maximum absolute atomic E-state index is 6.06. The van der Waals surface area contributed by atoms with Gasteiger partial charge in [0.25, 0.3) is 0 Å². The third kappa shape index (κ3) is 3.41. The minimum Gasteiger partial charge on any atom is -0.473 e. The predicted molar refractivity (Wildman–Crippen MR) is 93.5 cm³/mol. The van der Waals surface area contributed by atoms with E-state index in [2.05, 4.69) is 9.97 Å². The van der Waals surface area contributed by atoms with E-state index >= 15 is 0 Å². The molecule has 0 N–H and O–H groups in total. The molecule has 0 aliphatic carbocycles. The molecule has 1 aromatic heterocycles. The van der Waals surface area contributed by atoms with Gasteiger partial charge in [-0.1, -0.05) is 30.3 Å². The van der Waals surface area contributed by atoms with Crippen LogP contribution in [0.1, 0.15) is 33.3 Å². The van der Waals surface area contributed by atoms with Gasteiger partial charge in [-0.05, 0) is 44.9 Å². The molecule has 2 aromatic rings. The minimum atomic E-state index is -0.599. The Bertz CT molecular complexity index is 709. The fraction of sp³-hybridized carbons (Fsp3) is 0.412. The number of ether oxygens (including phenoxy) is 1. The van der Waals surface area contributed by atoms with E-state index in [1.807, 2.05) is 58.0 Å². The lowest BCUT2D eigenvalue weighted by Crippen LogP contribution is -2.41. The summed E-state index contributed by atoms with van der Waals surface area (Å²) in [5.74, 6) is 0.373. The van der Waals surface area contributed by atoms with Crippen molar-refractivity contribution < 1.29 is 14.0 Å². The second-order valence-electron chi connectivity index (χ2n) is 6.76. The molecule has 0 saturated carbocycles. The first-order chi connectivity index (χ1) is 11.3. The van der Waals surface area contributed by atoms with Gasteiger partial charge in [0.05, 0.1) is 16.7 Å². The van der Waals surface area contributed by atoms with Crippen molar-refractivity contribution in [1.29, 1.82) is 0 Å². The smallest absolute Gasteiger partial charge is 0.473 e. The Morgan fingerprint density at radius 3 is 2.33 bits per heavy atom. The molecule has 7 heteroatoms. The minimum absolute atomic E-state index is 0.123. The fourth-order valence-electron chi connectivity index (χ4n) is 2.33. The Balaban J connectivity index is 1.84. The Morgan fingerprint density at radius 2 is 1.71 bits per heavy atom. The molecule has 1 aromatic carbocycles. The molecule has 0 radical (unpaired) electrons. The number of hydrogen-bond acceptors (Lipinski definition) is 5. The molecule has 0 spiro atoms. The molecule has 0 bridgehead atoms. The highest BCUT2D eigenvalue weighted by Gasteiger charge is 2.52. The van der Waals surface area contributed by atoms with E-state index < -0.39 is 18.3 Å². The van der Waals surface area contributed by atoms with Gasteiger partial charge in [0.15, 0.2) is 0 Å². The van der Waals surface area contributed by atoms with Crippen LogP contribution in [0.15, 0.2) is 36.5 Å². The summed E-state index contributed by atoms with van der Waals surface area (Å²) in [6.45, 7) is 8.35. The Hall–Kier alpha value is -1.63. The molecule has 24 heavy (non-hydrogen) atoms. The van der Waals surface area contributed by atoms with Crippen molar-refractivity contribution >= 4 is 24.2 Å². The molecular weight excluding hydrogens is 326 g/mol. The highest BCUT2D eigenvalue weighted by Crippen LogP contribution is 2.37. The Morgan fingerprint density at radius 1 is 1.08 bits per heavy atom. The molecular formula is C17H20BClN2O3. The van der Waals surface area contributed by atoms with E-state index in [1.54, 1.807) is 6.20 Å². The number of rotatable bonds is 4. The van der Waals surface area contributed by atoms with E-state index in [-0.39, 0.29) is 5.28 Å². The van der Waals surface area contributed by atoms with Crippen LogP contribution in [0.4, 0.5) is 0 Å². The average molecular weight is 347 g/mol. The van der Waals surface area contributed by atoms with Gasteiger partial charge in [-0.25, -0.2) is 4.98 Å². The number of aromatic nitrogens is 2. The van der Waals surface area contributed by atoms with Crippen molar-refractivity contribution in [3.05, 3.63) is 47.4 Å². The maximum Gasteiger partial charge on any atom is 0.502 e. The summed E-state index contributed by atoms with van der Waals surface area (Å²) in [6.07, 6.45) is 1.60. The largest absolute Gasteiger partial charge is 0.502 e. The first kappa shape index (κ1) is 17.2. The quantitative estimate of drug-likeness (QED) is 0.629. The normalized spacial score (nSPS) is 18.6. The zero-order valence-corrected chi connectivity index (χ0v) is 15.0. The SMILES string of the molecule is CC1(C)OB(c2cnc(Cl)nc2OCc2ccccc2)OC1(C)C. The van der Waals surface area contributed by atoms with Gasteiger partial charge in [0.2, 0.25) is 11.2 Å². The lowest BCUT2D eigenvalue weighted by molar-refractivity contribution is 0.00578. The Labute approximate surface area is 147 Å². The van der Waals surface area contributed by atoms with Crippen LogP contribution in [-0.2, 0) is 15.9 Å². The molecule has 1 aliphatic rings. The Kier molecular flexibility index (Phi) is 4.55. The lowest BCUT2D eigenvalue weighted by atomic mass is 9.81. The first-order valence-electron chi connectivity index (χ1n) is 7.83. The van der Waals surface area contributed by atoms with Gasteiger partial charge in [0.1, 0.15) is 6.61 Å². The van der Waals surface area contributed by atoms with Crippen LogP contribution in [0.25, 0.3) is 0 Å². The molecule has 1 saturated heterocycles. The fourth-order valence-corrected chi connectivity index (χ4v) is 2.45. The van der Waals surface area contributed by atoms with Gasteiger partial charge in [-0.15, -0.1) is 0 Å². The second kappa shape index (κ2) is 6.35. The molecule has 5 nitrogen and oxygen atoms in total. The van der Waals surface area contributed by atoms with Crippen LogP contribution in [0.2, 0.25) is 5.28 Å². The average Bonchev–Trinajstić information content (AvgIpc) is 2.74. The zero-order valence-electron chi connectivity index (χ0n) is 14.2. The molecule has 3 rings (SSSR count). The van der Waals surface area contributed by atoms with E-state index in [0.29, 0.717) is 17.9 Å².